The second-order valence-electron chi connectivity index (χ2n) is 7.44. The zero-order valence-corrected chi connectivity index (χ0v) is 19.1. The molecule has 4 rings (SSSR count). The summed E-state index contributed by atoms with van der Waals surface area (Å²) in [5.41, 5.74) is 1.21. The Labute approximate surface area is 193 Å². The Balaban J connectivity index is 1.77. The molecule has 0 unspecified atom stereocenters. The van der Waals surface area contributed by atoms with Gasteiger partial charge >= 0.3 is 0 Å². The van der Waals surface area contributed by atoms with Crippen LogP contribution in [0.1, 0.15) is 49.4 Å². The summed E-state index contributed by atoms with van der Waals surface area (Å²) in [7, 11) is 0. The largest absolute Gasteiger partial charge is 0.476 e. The maximum atomic E-state index is 13.2. The summed E-state index contributed by atoms with van der Waals surface area (Å²) < 4.78 is 7.39. The van der Waals surface area contributed by atoms with Crippen LogP contribution >= 0.6 is 27.5 Å². The van der Waals surface area contributed by atoms with Crippen molar-refractivity contribution in [3.8, 4) is 11.8 Å². The Morgan fingerprint density at radius 3 is 2.81 bits per heavy atom. The van der Waals surface area contributed by atoms with Gasteiger partial charge in [-0.15, -0.1) is 0 Å². The third-order valence-electron chi connectivity index (χ3n) is 5.37. The molecule has 0 bridgehead atoms. The van der Waals surface area contributed by atoms with Crippen molar-refractivity contribution >= 4 is 44.6 Å². The Morgan fingerprint density at radius 2 is 2.06 bits per heavy atom. The Morgan fingerprint density at radius 1 is 1.29 bits per heavy atom. The molecule has 0 N–H and O–H groups in total. The van der Waals surface area contributed by atoms with Gasteiger partial charge in [-0.25, -0.2) is 4.98 Å². The first-order valence-corrected chi connectivity index (χ1v) is 11.3. The summed E-state index contributed by atoms with van der Waals surface area (Å²) in [6, 6.07) is 12.7. The Hall–Kier alpha value is -2.69. The van der Waals surface area contributed by atoms with E-state index in [4.69, 9.17) is 26.6 Å². The van der Waals surface area contributed by atoms with Crippen LogP contribution in [-0.2, 0) is 0 Å². The van der Waals surface area contributed by atoms with Crippen LogP contribution in [0.4, 0.5) is 0 Å². The molecule has 0 radical (unpaired) electrons. The topological polar surface area (TPSA) is 80.3 Å². The number of para-hydroxylation sites is 1. The lowest BCUT2D eigenvalue weighted by molar-refractivity contribution is 0.366. The third-order valence-corrected chi connectivity index (χ3v) is 6.24. The molecule has 31 heavy (non-hydrogen) atoms. The van der Waals surface area contributed by atoms with E-state index in [1.807, 2.05) is 24.3 Å². The molecular weight excluding hydrogens is 480 g/mol. The minimum atomic E-state index is -0.179. The van der Waals surface area contributed by atoms with Gasteiger partial charge in [0.2, 0.25) is 0 Å². The Kier molecular flexibility index (Phi) is 6.69. The molecule has 1 fully saturated rings. The predicted molar refractivity (Wildman–Crippen MR) is 125 cm³/mol. The monoisotopic (exact) mass is 498 g/mol. The molecule has 1 aromatic heterocycles. The molecule has 2 aromatic carbocycles. The van der Waals surface area contributed by atoms with Gasteiger partial charge in [-0.05, 0) is 58.6 Å². The molecule has 1 aliphatic rings. The number of rotatable bonds is 5. The van der Waals surface area contributed by atoms with E-state index in [1.165, 1.54) is 11.1 Å². The zero-order chi connectivity index (χ0) is 21.8. The van der Waals surface area contributed by atoms with Gasteiger partial charge < -0.3 is 4.74 Å². The molecule has 1 aliphatic carbocycles. The number of ether oxygens (including phenoxy) is 1. The number of halogens is 2. The molecule has 0 saturated heterocycles. The molecule has 1 saturated carbocycles. The average Bonchev–Trinajstić information content (AvgIpc) is 2.78. The number of aromatic nitrogens is 2. The highest BCUT2D eigenvalue weighted by Crippen LogP contribution is 2.34. The van der Waals surface area contributed by atoms with Crippen molar-refractivity contribution in [1.82, 2.24) is 9.66 Å². The first kappa shape index (κ1) is 21.5. The lowest BCUT2D eigenvalue weighted by atomic mass is 9.88. The molecule has 8 heteroatoms. The second kappa shape index (κ2) is 9.63. The molecule has 0 atom stereocenters. The van der Waals surface area contributed by atoms with Gasteiger partial charge in [0, 0.05) is 5.92 Å². The lowest BCUT2D eigenvalue weighted by Gasteiger charge is -2.22. The summed E-state index contributed by atoms with van der Waals surface area (Å²) in [4.78, 5) is 18.1. The molecular formula is C23H20BrClN4O2. The highest BCUT2D eigenvalue weighted by Gasteiger charge is 2.22. The number of hydrogen-bond donors (Lipinski definition) is 0. The van der Waals surface area contributed by atoms with E-state index in [0.717, 1.165) is 25.7 Å². The summed E-state index contributed by atoms with van der Waals surface area (Å²) in [6.45, 7) is -0.103. The van der Waals surface area contributed by atoms with Crippen molar-refractivity contribution in [2.24, 2.45) is 5.10 Å². The number of nitrogens with zero attached hydrogens (tertiary/aromatic N) is 4. The molecule has 0 amide bonds. The fraction of sp³-hybridized carbons (Fsp3) is 0.304. The van der Waals surface area contributed by atoms with E-state index < -0.39 is 0 Å². The number of hydrogen-bond acceptors (Lipinski definition) is 5. The van der Waals surface area contributed by atoms with Crippen molar-refractivity contribution in [2.45, 2.75) is 38.0 Å². The van der Waals surface area contributed by atoms with Crippen LogP contribution in [0, 0.1) is 11.3 Å². The number of fused-ring (bicyclic) bond motifs is 1. The number of nitriles is 1. The SMILES string of the molecule is N#CCOc1c(Cl)cc(C=Nn2c(C3CCCCC3)nc3ccccc3c2=O)cc1Br. The molecule has 1 heterocycles. The average molecular weight is 500 g/mol. The fourth-order valence-electron chi connectivity index (χ4n) is 3.90. The fourth-order valence-corrected chi connectivity index (χ4v) is 4.89. The summed E-state index contributed by atoms with van der Waals surface area (Å²) in [6.07, 6.45) is 7.07. The van der Waals surface area contributed by atoms with Crippen LogP contribution in [0.5, 0.6) is 5.75 Å². The van der Waals surface area contributed by atoms with Crippen LogP contribution in [0.3, 0.4) is 0 Å². The van der Waals surface area contributed by atoms with Crippen LogP contribution < -0.4 is 10.3 Å². The van der Waals surface area contributed by atoms with E-state index >= 15 is 0 Å². The van der Waals surface area contributed by atoms with E-state index in [9.17, 15) is 4.79 Å². The number of benzene rings is 2. The van der Waals surface area contributed by atoms with Gasteiger partial charge in [0.15, 0.2) is 12.4 Å². The van der Waals surface area contributed by atoms with Crippen molar-refractivity contribution in [2.75, 3.05) is 6.61 Å². The first-order valence-electron chi connectivity index (χ1n) is 10.1. The maximum absolute atomic E-state index is 13.2. The van der Waals surface area contributed by atoms with Crippen molar-refractivity contribution in [1.29, 1.82) is 5.26 Å². The summed E-state index contributed by atoms with van der Waals surface area (Å²) in [5.74, 6) is 1.31. The smallest absolute Gasteiger partial charge is 0.282 e. The van der Waals surface area contributed by atoms with Gasteiger partial charge in [-0.1, -0.05) is 43.0 Å². The van der Waals surface area contributed by atoms with Gasteiger partial charge in [0.1, 0.15) is 11.9 Å². The standard InChI is InChI=1S/C23H20BrClN4O2/c24-18-12-15(13-19(25)21(18)31-11-10-26)14-27-29-22(16-6-2-1-3-7-16)28-20-9-5-4-8-17(20)23(29)30/h4-5,8-9,12-14,16H,1-3,6-7,11H2. The minimum absolute atomic E-state index is 0.103. The highest BCUT2D eigenvalue weighted by molar-refractivity contribution is 9.10. The van der Waals surface area contributed by atoms with E-state index in [1.54, 1.807) is 24.4 Å². The lowest BCUT2D eigenvalue weighted by Crippen LogP contribution is -2.25. The minimum Gasteiger partial charge on any atom is -0.476 e. The molecule has 3 aromatic rings. The predicted octanol–water partition coefficient (Wildman–Crippen LogP) is 5.64. The van der Waals surface area contributed by atoms with Gasteiger partial charge in [-0.3, -0.25) is 4.79 Å². The van der Waals surface area contributed by atoms with Crippen molar-refractivity contribution in [3.05, 3.63) is 67.6 Å². The summed E-state index contributed by atoms with van der Waals surface area (Å²) >= 11 is 9.72. The highest BCUT2D eigenvalue weighted by atomic mass is 79.9. The molecule has 0 spiro atoms. The molecule has 6 nitrogen and oxygen atoms in total. The van der Waals surface area contributed by atoms with Gasteiger partial charge in [0.05, 0.1) is 26.6 Å². The van der Waals surface area contributed by atoms with Crippen LogP contribution in [0.2, 0.25) is 5.02 Å². The molecule has 0 aliphatic heterocycles. The van der Waals surface area contributed by atoms with Crippen LogP contribution in [-0.4, -0.2) is 22.5 Å². The van der Waals surface area contributed by atoms with Crippen molar-refractivity contribution in [3.63, 3.8) is 0 Å². The van der Waals surface area contributed by atoms with Crippen LogP contribution in [0.25, 0.3) is 10.9 Å². The quantitative estimate of drug-likeness (QED) is 0.425. The normalized spacial score (nSPS) is 14.7. The maximum Gasteiger partial charge on any atom is 0.282 e. The summed E-state index contributed by atoms with van der Waals surface area (Å²) in [5, 5.41) is 14.1. The zero-order valence-electron chi connectivity index (χ0n) is 16.7. The second-order valence-corrected chi connectivity index (χ2v) is 8.71. The van der Waals surface area contributed by atoms with Crippen LogP contribution in [0.15, 0.2) is 50.8 Å². The first-order chi connectivity index (χ1) is 15.1. The van der Waals surface area contributed by atoms with Gasteiger partial charge in [-0.2, -0.15) is 15.0 Å². The Bertz CT molecular complexity index is 1220. The van der Waals surface area contributed by atoms with Gasteiger partial charge in [0.25, 0.3) is 5.56 Å². The molecule has 158 valence electrons. The van der Waals surface area contributed by atoms with E-state index in [-0.39, 0.29) is 18.1 Å². The van der Waals surface area contributed by atoms with E-state index in [0.29, 0.717) is 37.5 Å². The third kappa shape index (κ3) is 4.65. The van der Waals surface area contributed by atoms with Crippen molar-refractivity contribution < 1.29 is 4.74 Å². The van der Waals surface area contributed by atoms with E-state index in [2.05, 4.69) is 21.0 Å².